The van der Waals surface area contributed by atoms with Crippen molar-refractivity contribution < 1.29 is 0 Å². The average molecular weight is 615 g/mol. The molecule has 8 aromatic carbocycles. The fourth-order valence-corrected chi connectivity index (χ4v) is 7.30. The topological polar surface area (TPSA) is 0 Å². The van der Waals surface area contributed by atoms with Gasteiger partial charge in [0.1, 0.15) is 0 Å². The largest absolute Gasteiger partial charge is 0.0622 e. The Balaban J connectivity index is 1.26. The van der Waals surface area contributed by atoms with Gasteiger partial charge in [0.2, 0.25) is 0 Å². The molecule has 0 saturated heterocycles. The number of hydrogen-bond acceptors (Lipinski definition) is 0. The van der Waals surface area contributed by atoms with Crippen LogP contribution in [0.5, 0.6) is 0 Å². The molecule has 0 radical (unpaired) electrons. The molecule has 0 spiro atoms. The van der Waals surface area contributed by atoms with E-state index in [0.717, 1.165) is 0 Å². The van der Waals surface area contributed by atoms with Crippen LogP contribution < -0.4 is 0 Å². The third kappa shape index (κ3) is 5.40. The Morgan fingerprint density at radius 2 is 0.667 bits per heavy atom. The van der Waals surface area contributed by atoms with Crippen molar-refractivity contribution in [3.63, 3.8) is 0 Å². The second-order valence-corrected chi connectivity index (χ2v) is 13.7. The van der Waals surface area contributed by atoms with Crippen LogP contribution in [0.3, 0.4) is 0 Å². The van der Waals surface area contributed by atoms with Crippen LogP contribution >= 0.6 is 0 Å². The lowest BCUT2D eigenvalue weighted by Crippen LogP contribution is -2.12. The highest BCUT2D eigenvalue weighted by atomic mass is 14.3. The maximum absolute atomic E-state index is 2.37. The SMILES string of the molecule is CC(C)(C)c1ccccc1-c1c2ccccc2c(-c2cccc(-c3cccc(-c4ccc(-c5ccccc5)cc4)c3)c2)c2ccccc12. The molecule has 48 heavy (non-hydrogen) atoms. The van der Waals surface area contributed by atoms with Gasteiger partial charge in [-0.2, -0.15) is 0 Å². The third-order valence-corrected chi connectivity index (χ3v) is 9.61. The number of benzene rings is 8. The first kappa shape index (κ1) is 29.7. The monoisotopic (exact) mass is 614 g/mol. The summed E-state index contributed by atoms with van der Waals surface area (Å²) < 4.78 is 0. The number of rotatable bonds is 5. The fourth-order valence-electron chi connectivity index (χ4n) is 7.30. The predicted molar refractivity (Wildman–Crippen MR) is 207 cm³/mol. The Bertz CT molecular complexity index is 2350. The number of hydrogen-bond donors (Lipinski definition) is 0. The van der Waals surface area contributed by atoms with Crippen LogP contribution in [0.4, 0.5) is 0 Å². The van der Waals surface area contributed by atoms with E-state index in [-0.39, 0.29) is 5.41 Å². The predicted octanol–water partition coefficient (Wildman–Crippen LogP) is 13.6. The molecule has 230 valence electrons. The summed E-state index contributed by atoms with van der Waals surface area (Å²) in [5.74, 6) is 0. The van der Waals surface area contributed by atoms with E-state index < -0.39 is 0 Å². The van der Waals surface area contributed by atoms with Gasteiger partial charge >= 0.3 is 0 Å². The second kappa shape index (κ2) is 12.1. The zero-order valence-electron chi connectivity index (χ0n) is 27.7. The molecule has 0 aliphatic rings. The van der Waals surface area contributed by atoms with E-state index in [1.54, 1.807) is 0 Å². The Morgan fingerprint density at radius 3 is 1.23 bits per heavy atom. The van der Waals surface area contributed by atoms with E-state index in [1.807, 2.05) is 0 Å². The molecular weight excluding hydrogens is 577 g/mol. The molecule has 0 N–H and O–H groups in total. The van der Waals surface area contributed by atoms with Gasteiger partial charge in [-0.1, -0.05) is 185 Å². The molecule has 0 nitrogen and oxygen atoms in total. The van der Waals surface area contributed by atoms with Crippen molar-refractivity contribution in [3.8, 4) is 55.6 Å². The van der Waals surface area contributed by atoms with Gasteiger partial charge in [-0.05, 0) is 100 Å². The lowest BCUT2D eigenvalue weighted by Gasteiger charge is -2.25. The van der Waals surface area contributed by atoms with Crippen LogP contribution in [-0.2, 0) is 5.41 Å². The highest BCUT2D eigenvalue weighted by Gasteiger charge is 2.23. The summed E-state index contributed by atoms with van der Waals surface area (Å²) in [4.78, 5) is 0. The van der Waals surface area contributed by atoms with Gasteiger partial charge in [-0.15, -0.1) is 0 Å². The van der Waals surface area contributed by atoms with Crippen molar-refractivity contribution >= 4 is 21.5 Å². The minimum absolute atomic E-state index is 0.0181. The van der Waals surface area contributed by atoms with Gasteiger partial charge in [0, 0.05) is 0 Å². The van der Waals surface area contributed by atoms with E-state index in [9.17, 15) is 0 Å². The molecule has 8 aromatic rings. The Kier molecular flexibility index (Phi) is 7.50. The molecule has 0 aliphatic carbocycles. The molecule has 0 aromatic heterocycles. The van der Waals surface area contributed by atoms with Crippen LogP contribution in [-0.4, -0.2) is 0 Å². The highest BCUT2D eigenvalue weighted by molar-refractivity contribution is 6.21. The Hall–Kier alpha value is -5.72. The smallest absolute Gasteiger partial charge is 0.00234 e. The van der Waals surface area contributed by atoms with Gasteiger partial charge in [-0.25, -0.2) is 0 Å². The quantitative estimate of drug-likeness (QED) is 0.169. The normalized spacial score (nSPS) is 11.6. The van der Waals surface area contributed by atoms with E-state index in [0.29, 0.717) is 0 Å². The summed E-state index contributed by atoms with van der Waals surface area (Å²) >= 11 is 0. The first-order valence-corrected chi connectivity index (χ1v) is 16.9. The fraction of sp³-hybridized carbons (Fsp3) is 0.0833. The number of fused-ring (bicyclic) bond motifs is 2. The van der Waals surface area contributed by atoms with Crippen LogP contribution in [0.2, 0.25) is 0 Å². The first-order chi connectivity index (χ1) is 23.5. The third-order valence-electron chi connectivity index (χ3n) is 9.61. The Morgan fingerprint density at radius 1 is 0.292 bits per heavy atom. The van der Waals surface area contributed by atoms with Crippen molar-refractivity contribution in [2.45, 2.75) is 26.2 Å². The zero-order valence-corrected chi connectivity index (χ0v) is 27.7. The van der Waals surface area contributed by atoms with Crippen molar-refractivity contribution in [1.29, 1.82) is 0 Å². The van der Waals surface area contributed by atoms with Gasteiger partial charge < -0.3 is 0 Å². The molecule has 0 fully saturated rings. The standard InChI is InChI=1S/C48H38/c1-48(2,3)45-26-12-11-25-44(45)47-42-23-9-7-21-40(42)46(41-22-8-10-24-43(41)47)39-20-14-19-38(32-39)37-18-13-17-36(31-37)35-29-27-34(28-30-35)33-15-5-4-6-16-33/h4-32H,1-3H3. The van der Waals surface area contributed by atoms with E-state index in [4.69, 9.17) is 0 Å². The van der Waals surface area contributed by atoms with Crippen molar-refractivity contribution in [3.05, 3.63) is 181 Å². The van der Waals surface area contributed by atoms with Gasteiger partial charge in [-0.3, -0.25) is 0 Å². The van der Waals surface area contributed by atoms with Gasteiger partial charge in [0.15, 0.2) is 0 Å². The average Bonchev–Trinajstić information content (AvgIpc) is 3.14. The molecule has 0 bridgehead atoms. The summed E-state index contributed by atoms with van der Waals surface area (Å²) in [7, 11) is 0. The lowest BCUT2D eigenvalue weighted by atomic mass is 9.78. The maximum Gasteiger partial charge on any atom is -0.00234 e. The van der Waals surface area contributed by atoms with Crippen molar-refractivity contribution in [2.24, 2.45) is 0 Å². The van der Waals surface area contributed by atoms with E-state index in [2.05, 4.69) is 197 Å². The molecule has 0 heteroatoms. The summed E-state index contributed by atoms with van der Waals surface area (Å²) in [6.07, 6.45) is 0. The maximum atomic E-state index is 2.37. The van der Waals surface area contributed by atoms with Crippen LogP contribution in [0.25, 0.3) is 77.2 Å². The van der Waals surface area contributed by atoms with Crippen molar-refractivity contribution in [2.75, 3.05) is 0 Å². The van der Waals surface area contributed by atoms with Crippen molar-refractivity contribution in [1.82, 2.24) is 0 Å². The summed E-state index contributed by atoms with van der Waals surface area (Å²) in [6, 6.07) is 64.3. The molecule has 8 rings (SSSR count). The molecular formula is C48H38. The van der Waals surface area contributed by atoms with Gasteiger partial charge in [0.05, 0.1) is 0 Å². The molecule has 0 unspecified atom stereocenters. The van der Waals surface area contributed by atoms with Gasteiger partial charge in [0.25, 0.3) is 0 Å². The van der Waals surface area contributed by atoms with Crippen LogP contribution in [0, 0.1) is 0 Å². The van der Waals surface area contributed by atoms with E-state index >= 15 is 0 Å². The molecule has 0 amide bonds. The minimum Gasteiger partial charge on any atom is -0.0622 e. The van der Waals surface area contributed by atoms with Crippen LogP contribution in [0.15, 0.2) is 176 Å². The van der Waals surface area contributed by atoms with E-state index in [1.165, 1.54) is 82.7 Å². The molecule has 0 saturated carbocycles. The second-order valence-electron chi connectivity index (χ2n) is 13.7. The molecule has 0 heterocycles. The highest BCUT2D eigenvalue weighted by Crippen LogP contribution is 2.46. The minimum atomic E-state index is 0.0181. The zero-order chi connectivity index (χ0) is 32.7. The summed E-state index contributed by atoms with van der Waals surface area (Å²) in [6.45, 7) is 6.93. The molecule has 0 aliphatic heterocycles. The summed E-state index contributed by atoms with van der Waals surface area (Å²) in [5.41, 5.74) is 13.9. The molecule has 0 atom stereocenters. The Labute approximate surface area is 284 Å². The van der Waals surface area contributed by atoms with Crippen LogP contribution in [0.1, 0.15) is 26.3 Å². The lowest BCUT2D eigenvalue weighted by molar-refractivity contribution is 0.592. The summed E-state index contributed by atoms with van der Waals surface area (Å²) in [5, 5.41) is 5.13. The first-order valence-electron chi connectivity index (χ1n) is 16.9.